The predicted molar refractivity (Wildman–Crippen MR) is 90.8 cm³/mol. The van der Waals surface area contributed by atoms with Gasteiger partial charge in [0.15, 0.2) is 0 Å². The number of hydrogen-bond donors (Lipinski definition) is 2. The predicted octanol–water partition coefficient (Wildman–Crippen LogP) is 0.731. The summed E-state index contributed by atoms with van der Waals surface area (Å²) in [4.78, 5) is 23.6. The van der Waals surface area contributed by atoms with E-state index in [1.807, 2.05) is 0 Å². The van der Waals surface area contributed by atoms with Gasteiger partial charge in [0.2, 0.25) is 0 Å². The van der Waals surface area contributed by atoms with Crippen LogP contribution in [0.1, 0.15) is 18.5 Å². The maximum Gasteiger partial charge on any atom is 0.307 e. The van der Waals surface area contributed by atoms with Crippen molar-refractivity contribution in [3.05, 3.63) is 29.7 Å². The zero-order chi connectivity index (χ0) is 17.9. The Balaban J connectivity index is 1.63. The number of nitrogens with one attached hydrogen (secondary N) is 1. The molecule has 0 spiro atoms. The highest BCUT2D eigenvalue weighted by Gasteiger charge is 2.32. The Bertz CT molecular complexity index is 840. The number of hydrogen-bond acceptors (Lipinski definition) is 7. The zero-order valence-corrected chi connectivity index (χ0v) is 14.8. The number of aromatic nitrogens is 3. The molecule has 3 rings (SSSR count). The lowest BCUT2D eigenvalue weighted by molar-refractivity contribution is -0.142. The SMILES string of the molecule is O=C(O)[C@H]1CCCN(S(=O)(=O)NCc2csc(-c3cnccn3)n2)C1. The molecule has 1 atom stereocenters. The molecule has 1 fully saturated rings. The largest absolute Gasteiger partial charge is 0.481 e. The molecule has 2 aromatic rings. The van der Waals surface area contributed by atoms with E-state index in [0.29, 0.717) is 35.8 Å². The van der Waals surface area contributed by atoms with Gasteiger partial charge in [0.1, 0.15) is 10.7 Å². The van der Waals surface area contributed by atoms with Crippen molar-refractivity contribution in [1.29, 1.82) is 0 Å². The number of piperidine rings is 1. The summed E-state index contributed by atoms with van der Waals surface area (Å²) in [7, 11) is -3.75. The molecule has 11 heteroatoms. The first-order chi connectivity index (χ1) is 12.0. The number of aliphatic carboxylic acids is 1. The van der Waals surface area contributed by atoms with Crippen LogP contribution >= 0.6 is 11.3 Å². The van der Waals surface area contributed by atoms with Crippen molar-refractivity contribution in [1.82, 2.24) is 24.0 Å². The van der Waals surface area contributed by atoms with Crippen molar-refractivity contribution < 1.29 is 18.3 Å². The Hall–Kier alpha value is -1.95. The Kier molecular flexibility index (Phi) is 5.37. The van der Waals surface area contributed by atoms with Gasteiger partial charge in [-0.05, 0) is 12.8 Å². The third-order valence-electron chi connectivity index (χ3n) is 3.84. The first-order valence-electron chi connectivity index (χ1n) is 7.64. The molecule has 0 aromatic carbocycles. The molecule has 1 aliphatic heterocycles. The van der Waals surface area contributed by atoms with Crippen molar-refractivity contribution in [2.75, 3.05) is 13.1 Å². The van der Waals surface area contributed by atoms with Crippen molar-refractivity contribution in [3.63, 3.8) is 0 Å². The molecule has 1 aliphatic rings. The molecule has 9 nitrogen and oxygen atoms in total. The molecule has 2 aromatic heterocycles. The fourth-order valence-corrected chi connectivity index (χ4v) is 4.57. The van der Waals surface area contributed by atoms with Crippen LogP contribution in [0, 0.1) is 5.92 Å². The minimum atomic E-state index is -3.75. The minimum absolute atomic E-state index is 0.00735. The average molecular weight is 383 g/mol. The molecule has 0 radical (unpaired) electrons. The van der Waals surface area contributed by atoms with Gasteiger partial charge in [-0.15, -0.1) is 11.3 Å². The highest BCUT2D eigenvalue weighted by Crippen LogP contribution is 2.22. The van der Waals surface area contributed by atoms with Crippen molar-refractivity contribution in [3.8, 4) is 10.7 Å². The third kappa shape index (κ3) is 4.37. The second-order valence-corrected chi connectivity index (χ2v) is 8.21. The van der Waals surface area contributed by atoms with E-state index in [-0.39, 0.29) is 13.1 Å². The van der Waals surface area contributed by atoms with Gasteiger partial charge in [-0.1, -0.05) is 0 Å². The van der Waals surface area contributed by atoms with Gasteiger partial charge in [-0.3, -0.25) is 14.8 Å². The normalized spacial score (nSPS) is 19.0. The van der Waals surface area contributed by atoms with E-state index in [1.54, 1.807) is 24.0 Å². The van der Waals surface area contributed by atoms with Crippen molar-refractivity contribution >= 4 is 27.5 Å². The van der Waals surface area contributed by atoms with Crippen molar-refractivity contribution in [2.24, 2.45) is 5.92 Å². The summed E-state index contributed by atoms with van der Waals surface area (Å²) in [5.74, 6) is -1.62. The van der Waals surface area contributed by atoms with E-state index in [9.17, 15) is 13.2 Å². The summed E-state index contributed by atoms with van der Waals surface area (Å²) in [6.45, 7) is 0.348. The minimum Gasteiger partial charge on any atom is -0.481 e. The summed E-state index contributed by atoms with van der Waals surface area (Å²) in [5, 5.41) is 11.5. The lowest BCUT2D eigenvalue weighted by Crippen LogP contribution is -2.47. The van der Waals surface area contributed by atoms with Crippen LogP contribution in [-0.2, 0) is 21.5 Å². The van der Waals surface area contributed by atoms with Gasteiger partial charge in [-0.25, -0.2) is 4.98 Å². The molecule has 0 bridgehead atoms. The number of thiazole rings is 1. The van der Waals surface area contributed by atoms with Gasteiger partial charge in [0.05, 0.1) is 24.4 Å². The summed E-state index contributed by atoms with van der Waals surface area (Å²) in [6, 6.07) is 0. The van der Waals surface area contributed by atoms with Crippen LogP contribution in [0.25, 0.3) is 10.7 Å². The fourth-order valence-electron chi connectivity index (χ4n) is 2.53. The molecule has 2 N–H and O–H groups in total. The van der Waals surface area contributed by atoms with Crippen LogP contribution in [0.5, 0.6) is 0 Å². The van der Waals surface area contributed by atoms with Gasteiger partial charge >= 0.3 is 5.97 Å². The highest BCUT2D eigenvalue weighted by molar-refractivity contribution is 7.87. The van der Waals surface area contributed by atoms with E-state index in [1.165, 1.54) is 15.6 Å². The van der Waals surface area contributed by atoms with E-state index >= 15 is 0 Å². The molecule has 0 amide bonds. The molecule has 0 aliphatic carbocycles. The Labute approximate surface area is 148 Å². The Morgan fingerprint density at radius 3 is 3.00 bits per heavy atom. The van der Waals surface area contributed by atoms with E-state index in [0.717, 1.165) is 0 Å². The van der Waals surface area contributed by atoms with E-state index in [2.05, 4.69) is 19.7 Å². The zero-order valence-electron chi connectivity index (χ0n) is 13.2. The van der Waals surface area contributed by atoms with Crippen LogP contribution in [0.4, 0.5) is 0 Å². The first-order valence-corrected chi connectivity index (χ1v) is 9.96. The average Bonchev–Trinajstić information content (AvgIpc) is 3.10. The molecule has 25 heavy (non-hydrogen) atoms. The second-order valence-electron chi connectivity index (χ2n) is 5.60. The topological polar surface area (TPSA) is 125 Å². The molecule has 3 heterocycles. The van der Waals surface area contributed by atoms with E-state index < -0.39 is 22.1 Å². The summed E-state index contributed by atoms with van der Waals surface area (Å²) in [5.41, 5.74) is 1.20. The lowest BCUT2D eigenvalue weighted by Gasteiger charge is -2.29. The molecule has 0 unspecified atom stereocenters. The van der Waals surface area contributed by atoms with Gasteiger partial charge < -0.3 is 5.11 Å². The lowest BCUT2D eigenvalue weighted by atomic mass is 10.0. The summed E-state index contributed by atoms with van der Waals surface area (Å²) in [6.07, 6.45) is 5.75. The van der Waals surface area contributed by atoms with E-state index in [4.69, 9.17) is 5.11 Å². The fraction of sp³-hybridized carbons (Fsp3) is 0.429. The number of nitrogens with zero attached hydrogens (tertiary/aromatic N) is 4. The molecular formula is C14H17N5O4S2. The van der Waals surface area contributed by atoms with Gasteiger partial charge in [0, 0.05) is 30.9 Å². The number of carbonyl (C=O) groups is 1. The summed E-state index contributed by atoms with van der Waals surface area (Å²) >= 11 is 1.35. The number of rotatable bonds is 6. The van der Waals surface area contributed by atoms with Crippen LogP contribution in [-0.4, -0.2) is 51.8 Å². The second kappa shape index (κ2) is 7.52. The Morgan fingerprint density at radius 1 is 1.44 bits per heavy atom. The maximum atomic E-state index is 12.4. The molecule has 134 valence electrons. The third-order valence-corrected chi connectivity index (χ3v) is 6.28. The maximum absolute atomic E-state index is 12.4. The molecule has 0 saturated carbocycles. The quantitative estimate of drug-likeness (QED) is 0.753. The van der Waals surface area contributed by atoms with Crippen LogP contribution in [0.2, 0.25) is 0 Å². The van der Waals surface area contributed by atoms with Crippen LogP contribution in [0.3, 0.4) is 0 Å². The van der Waals surface area contributed by atoms with Gasteiger partial charge in [-0.2, -0.15) is 17.4 Å². The highest BCUT2D eigenvalue weighted by atomic mass is 32.2. The van der Waals surface area contributed by atoms with Crippen molar-refractivity contribution in [2.45, 2.75) is 19.4 Å². The monoisotopic (exact) mass is 383 g/mol. The first kappa shape index (κ1) is 17.9. The van der Waals surface area contributed by atoms with Crippen LogP contribution in [0.15, 0.2) is 24.0 Å². The van der Waals surface area contributed by atoms with Gasteiger partial charge in [0.25, 0.3) is 10.2 Å². The molecular weight excluding hydrogens is 366 g/mol. The smallest absolute Gasteiger partial charge is 0.307 e. The standard InChI is InChI=1S/C14H17N5O4S2/c20-14(21)10-2-1-5-19(8-10)25(22,23)17-6-11-9-24-13(18-11)12-7-15-3-4-16-12/h3-4,7,9-10,17H,1-2,5-6,8H2,(H,20,21)/t10-/m0/s1. The number of carboxylic acids is 1. The summed E-state index contributed by atoms with van der Waals surface area (Å²) < 4.78 is 28.4. The molecule has 1 saturated heterocycles. The van der Waals surface area contributed by atoms with Crippen LogP contribution < -0.4 is 4.72 Å². The Morgan fingerprint density at radius 2 is 2.28 bits per heavy atom. The number of carboxylic acid groups (broad SMARTS) is 1.